The number of rotatable bonds is 6. The predicted molar refractivity (Wildman–Crippen MR) is 71.8 cm³/mol. The maximum atomic E-state index is 11.4. The Hall–Kier alpha value is -1.13. The highest BCUT2D eigenvalue weighted by molar-refractivity contribution is 7.10. The largest absolute Gasteiger partial charge is 0.391 e. The van der Waals surface area contributed by atoms with Gasteiger partial charge in [-0.05, 0) is 23.4 Å². The summed E-state index contributed by atoms with van der Waals surface area (Å²) in [5.41, 5.74) is 0. The third-order valence-electron chi connectivity index (χ3n) is 2.73. The van der Waals surface area contributed by atoms with Gasteiger partial charge in [0.15, 0.2) is 0 Å². The fraction of sp³-hybridized carbons (Fsp3) is 0.462. The quantitative estimate of drug-likeness (QED) is 0.764. The van der Waals surface area contributed by atoms with Crippen LogP contribution < -0.4 is 5.32 Å². The van der Waals surface area contributed by atoms with E-state index in [1.807, 2.05) is 31.4 Å². The van der Waals surface area contributed by atoms with Crippen molar-refractivity contribution >= 4 is 23.3 Å². The van der Waals surface area contributed by atoms with Crippen molar-refractivity contribution in [3.05, 3.63) is 28.5 Å². The van der Waals surface area contributed by atoms with Gasteiger partial charge >= 0.3 is 0 Å². The van der Waals surface area contributed by atoms with Crippen LogP contribution >= 0.6 is 11.3 Å². The lowest BCUT2D eigenvalue weighted by Crippen LogP contribution is -2.34. The van der Waals surface area contributed by atoms with Gasteiger partial charge in [0.2, 0.25) is 5.91 Å². The van der Waals surface area contributed by atoms with Crippen molar-refractivity contribution in [2.75, 3.05) is 6.54 Å². The van der Waals surface area contributed by atoms with E-state index in [-0.39, 0.29) is 11.8 Å². The smallest absolute Gasteiger partial charge is 0.244 e. The lowest BCUT2D eigenvalue weighted by molar-refractivity contribution is -0.117. The molecule has 2 N–H and O–H groups in total. The van der Waals surface area contributed by atoms with Crippen LogP contribution in [0, 0.1) is 5.92 Å². The second kappa shape index (κ2) is 7.25. The number of hydrogen-bond donors (Lipinski definition) is 2. The van der Waals surface area contributed by atoms with Crippen LogP contribution in [0.25, 0.3) is 6.08 Å². The Morgan fingerprint density at radius 2 is 2.41 bits per heavy atom. The number of hydrogen-bond acceptors (Lipinski definition) is 3. The summed E-state index contributed by atoms with van der Waals surface area (Å²) >= 11 is 1.58. The van der Waals surface area contributed by atoms with Crippen LogP contribution in [0.2, 0.25) is 0 Å². The minimum Gasteiger partial charge on any atom is -0.391 e. The Balaban J connectivity index is 2.30. The first-order valence-electron chi connectivity index (χ1n) is 5.81. The molecule has 0 aliphatic carbocycles. The molecule has 1 aromatic rings. The lowest BCUT2D eigenvalue weighted by atomic mass is 10.0. The Morgan fingerprint density at radius 3 is 3.00 bits per heavy atom. The summed E-state index contributed by atoms with van der Waals surface area (Å²) in [7, 11) is 0. The number of thiophene rings is 1. The summed E-state index contributed by atoms with van der Waals surface area (Å²) in [4.78, 5) is 12.5. The lowest BCUT2D eigenvalue weighted by Gasteiger charge is -2.16. The molecule has 0 aromatic carbocycles. The molecule has 1 amide bonds. The molecule has 17 heavy (non-hydrogen) atoms. The molecule has 0 aliphatic heterocycles. The summed E-state index contributed by atoms with van der Waals surface area (Å²) in [6.45, 7) is 4.30. The Labute approximate surface area is 106 Å². The summed E-state index contributed by atoms with van der Waals surface area (Å²) in [6.07, 6.45) is 3.70. The first-order valence-corrected chi connectivity index (χ1v) is 6.69. The molecule has 0 saturated heterocycles. The molecule has 3 nitrogen and oxygen atoms in total. The standard InChI is InChI=1S/C13H19NO2S/c1-3-10(2)12(15)9-14-13(16)7-6-11-5-4-8-17-11/h4-8,10,12,15H,3,9H2,1-2H3,(H,14,16)/b7-6+. The minimum atomic E-state index is -0.473. The van der Waals surface area contributed by atoms with Gasteiger partial charge in [0.25, 0.3) is 0 Å². The molecule has 1 heterocycles. The molecule has 0 radical (unpaired) electrons. The molecule has 0 fully saturated rings. The van der Waals surface area contributed by atoms with E-state index in [0.717, 1.165) is 11.3 Å². The summed E-state index contributed by atoms with van der Waals surface area (Å²) in [5.74, 6) is 0.0392. The number of aliphatic hydroxyl groups is 1. The first-order chi connectivity index (χ1) is 8.13. The van der Waals surface area contributed by atoms with E-state index in [4.69, 9.17) is 0 Å². The van der Waals surface area contributed by atoms with Crippen molar-refractivity contribution in [3.8, 4) is 0 Å². The van der Waals surface area contributed by atoms with Crippen LogP contribution in [-0.2, 0) is 4.79 Å². The highest BCUT2D eigenvalue weighted by atomic mass is 32.1. The van der Waals surface area contributed by atoms with Crippen molar-refractivity contribution in [2.45, 2.75) is 26.4 Å². The normalized spacial score (nSPS) is 14.8. The van der Waals surface area contributed by atoms with Crippen LogP contribution in [0.5, 0.6) is 0 Å². The van der Waals surface area contributed by atoms with Crippen molar-refractivity contribution in [1.82, 2.24) is 5.32 Å². The summed E-state index contributed by atoms with van der Waals surface area (Å²) < 4.78 is 0. The van der Waals surface area contributed by atoms with E-state index >= 15 is 0 Å². The average Bonchev–Trinajstić information content (AvgIpc) is 2.85. The van der Waals surface area contributed by atoms with Crippen LogP contribution in [0.3, 0.4) is 0 Å². The molecule has 1 aromatic heterocycles. The minimum absolute atomic E-state index is 0.166. The van der Waals surface area contributed by atoms with Gasteiger partial charge in [0.05, 0.1) is 6.10 Å². The van der Waals surface area contributed by atoms with E-state index in [0.29, 0.717) is 6.54 Å². The van der Waals surface area contributed by atoms with Gasteiger partial charge in [0, 0.05) is 17.5 Å². The van der Waals surface area contributed by atoms with Crippen molar-refractivity contribution in [2.24, 2.45) is 5.92 Å². The molecule has 94 valence electrons. The SMILES string of the molecule is CCC(C)C(O)CNC(=O)/C=C/c1cccs1. The number of carbonyl (C=O) groups excluding carboxylic acids is 1. The van der Waals surface area contributed by atoms with Gasteiger partial charge in [-0.25, -0.2) is 0 Å². The highest BCUT2D eigenvalue weighted by Crippen LogP contribution is 2.10. The predicted octanol–water partition coefficient (Wildman–Crippen LogP) is 2.28. The fourth-order valence-corrected chi connectivity index (χ4v) is 1.90. The number of carbonyl (C=O) groups is 1. The van der Waals surface area contributed by atoms with Crippen LogP contribution in [-0.4, -0.2) is 23.7 Å². The fourth-order valence-electron chi connectivity index (χ4n) is 1.28. The van der Waals surface area contributed by atoms with E-state index in [1.54, 1.807) is 17.4 Å². The second-order valence-electron chi connectivity index (χ2n) is 4.05. The molecule has 2 unspecified atom stereocenters. The molecule has 0 spiro atoms. The Morgan fingerprint density at radius 1 is 1.65 bits per heavy atom. The van der Waals surface area contributed by atoms with Crippen molar-refractivity contribution in [3.63, 3.8) is 0 Å². The van der Waals surface area contributed by atoms with Gasteiger partial charge in [-0.2, -0.15) is 0 Å². The molecular weight excluding hydrogens is 234 g/mol. The Bertz CT molecular complexity index is 360. The zero-order chi connectivity index (χ0) is 12.7. The van der Waals surface area contributed by atoms with Crippen LogP contribution in [0.4, 0.5) is 0 Å². The van der Waals surface area contributed by atoms with Crippen molar-refractivity contribution in [1.29, 1.82) is 0 Å². The summed E-state index contributed by atoms with van der Waals surface area (Å²) in [5, 5.41) is 14.3. The molecule has 0 aliphatic rings. The molecule has 4 heteroatoms. The first kappa shape index (κ1) is 13.9. The van der Waals surface area contributed by atoms with Gasteiger partial charge in [-0.15, -0.1) is 11.3 Å². The summed E-state index contributed by atoms with van der Waals surface area (Å²) in [6, 6.07) is 3.89. The number of nitrogens with one attached hydrogen (secondary N) is 1. The maximum Gasteiger partial charge on any atom is 0.244 e. The van der Waals surface area contributed by atoms with Gasteiger partial charge in [-0.3, -0.25) is 4.79 Å². The third kappa shape index (κ3) is 5.15. The number of amides is 1. The topological polar surface area (TPSA) is 49.3 Å². The van der Waals surface area contributed by atoms with Gasteiger partial charge in [-0.1, -0.05) is 26.3 Å². The van der Waals surface area contributed by atoms with E-state index in [2.05, 4.69) is 5.32 Å². The maximum absolute atomic E-state index is 11.4. The van der Waals surface area contributed by atoms with Crippen LogP contribution in [0.15, 0.2) is 23.6 Å². The van der Waals surface area contributed by atoms with Crippen molar-refractivity contribution < 1.29 is 9.90 Å². The molecule has 0 bridgehead atoms. The van der Waals surface area contributed by atoms with Gasteiger partial charge < -0.3 is 10.4 Å². The molecule has 0 saturated carbocycles. The monoisotopic (exact) mass is 253 g/mol. The van der Waals surface area contributed by atoms with E-state index in [1.165, 1.54) is 6.08 Å². The molecule has 1 rings (SSSR count). The Kier molecular flexibility index (Phi) is 5.94. The average molecular weight is 253 g/mol. The van der Waals surface area contributed by atoms with E-state index < -0.39 is 6.10 Å². The van der Waals surface area contributed by atoms with Crippen LogP contribution in [0.1, 0.15) is 25.1 Å². The second-order valence-corrected chi connectivity index (χ2v) is 5.03. The zero-order valence-electron chi connectivity index (χ0n) is 10.2. The molecular formula is C13H19NO2S. The van der Waals surface area contributed by atoms with Gasteiger partial charge in [0.1, 0.15) is 0 Å². The number of aliphatic hydroxyl groups excluding tert-OH is 1. The zero-order valence-corrected chi connectivity index (χ0v) is 11.0. The van der Waals surface area contributed by atoms with E-state index in [9.17, 15) is 9.90 Å². The molecule has 2 atom stereocenters. The highest BCUT2D eigenvalue weighted by Gasteiger charge is 2.12. The third-order valence-corrected chi connectivity index (χ3v) is 3.57.